The van der Waals surface area contributed by atoms with Crippen LogP contribution in [0.4, 0.5) is 5.69 Å². The Kier molecular flexibility index (Phi) is 6.09. The second-order valence-electron chi connectivity index (χ2n) is 7.82. The van der Waals surface area contributed by atoms with Gasteiger partial charge >= 0.3 is 0 Å². The molecule has 0 bridgehead atoms. The van der Waals surface area contributed by atoms with Gasteiger partial charge in [0, 0.05) is 0 Å². The molecular formula is C25H26N2O3S. The summed E-state index contributed by atoms with van der Waals surface area (Å²) >= 11 is 0. The number of para-hydroxylation sites is 1. The fraction of sp³-hybridized carbons (Fsp3) is 0.240. The van der Waals surface area contributed by atoms with Gasteiger partial charge in [0.1, 0.15) is 6.54 Å². The molecule has 0 radical (unpaired) electrons. The Morgan fingerprint density at radius 2 is 1.65 bits per heavy atom. The van der Waals surface area contributed by atoms with Crippen LogP contribution in [0.15, 0.2) is 83.8 Å². The number of amides is 1. The number of hydrogen-bond donors (Lipinski definition) is 1. The van der Waals surface area contributed by atoms with Crippen molar-refractivity contribution in [3.8, 4) is 0 Å². The summed E-state index contributed by atoms with van der Waals surface area (Å²) in [4.78, 5) is 13.2. The van der Waals surface area contributed by atoms with Crippen molar-refractivity contribution in [2.75, 3.05) is 10.8 Å². The minimum Gasteiger partial charge on any atom is -0.348 e. The Labute approximate surface area is 183 Å². The molecule has 0 saturated heterocycles. The lowest BCUT2D eigenvalue weighted by Crippen LogP contribution is -2.42. The standard InChI is InChI=1S/C25H26N2O3S/c1-19-10-5-8-17-24(19)27(31(29,30)21-13-3-2-4-14-21)18-25(28)26-23-16-9-12-20-11-6-7-15-22(20)23/h2-8,10-11,13-15,17,23H,9,12,16,18H2,1H3,(H,26,28)/t23-/m0/s1. The Hall–Kier alpha value is -3.12. The molecule has 1 atom stereocenters. The van der Waals surface area contributed by atoms with Crippen molar-refractivity contribution in [1.82, 2.24) is 5.32 Å². The third-order valence-electron chi connectivity index (χ3n) is 5.71. The van der Waals surface area contributed by atoms with E-state index in [2.05, 4.69) is 11.4 Å². The summed E-state index contributed by atoms with van der Waals surface area (Å²) in [6.07, 6.45) is 2.84. The molecule has 0 spiro atoms. The normalized spacial score (nSPS) is 15.7. The summed E-state index contributed by atoms with van der Waals surface area (Å²) in [6, 6.07) is 23.5. The molecule has 0 saturated carbocycles. The number of rotatable bonds is 6. The van der Waals surface area contributed by atoms with E-state index in [1.54, 1.807) is 42.5 Å². The number of fused-ring (bicyclic) bond motifs is 1. The van der Waals surface area contributed by atoms with Gasteiger partial charge in [-0.25, -0.2) is 8.42 Å². The van der Waals surface area contributed by atoms with Gasteiger partial charge in [-0.2, -0.15) is 0 Å². The van der Waals surface area contributed by atoms with Gasteiger partial charge in [0.05, 0.1) is 16.6 Å². The van der Waals surface area contributed by atoms with Crippen LogP contribution in [0.5, 0.6) is 0 Å². The van der Waals surface area contributed by atoms with Gasteiger partial charge in [-0.05, 0) is 61.1 Å². The van der Waals surface area contributed by atoms with Gasteiger partial charge in [-0.1, -0.05) is 60.7 Å². The minimum absolute atomic E-state index is 0.101. The van der Waals surface area contributed by atoms with Gasteiger partial charge in [-0.3, -0.25) is 9.10 Å². The highest BCUT2D eigenvalue weighted by atomic mass is 32.2. The van der Waals surface area contributed by atoms with Gasteiger partial charge in [0.2, 0.25) is 5.91 Å². The first-order chi connectivity index (χ1) is 15.0. The number of carbonyl (C=O) groups excluding carboxylic acids is 1. The Balaban J connectivity index is 1.63. The maximum absolute atomic E-state index is 13.5. The lowest BCUT2D eigenvalue weighted by atomic mass is 9.88. The van der Waals surface area contributed by atoms with Crippen molar-refractivity contribution in [1.29, 1.82) is 0 Å². The third-order valence-corrected chi connectivity index (χ3v) is 7.48. The summed E-state index contributed by atoms with van der Waals surface area (Å²) in [5.41, 5.74) is 3.66. The molecule has 4 rings (SSSR count). The smallest absolute Gasteiger partial charge is 0.264 e. The monoisotopic (exact) mass is 434 g/mol. The van der Waals surface area contributed by atoms with E-state index in [4.69, 9.17) is 0 Å². The summed E-state index contributed by atoms with van der Waals surface area (Å²) in [7, 11) is -3.90. The zero-order valence-corrected chi connectivity index (χ0v) is 18.3. The highest BCUT2D eigenvalue weighted by Crippen LogP contribution is 2.30. The molecule has 0 heterocycles. The highest BCUT2D eigenvalue weighted by molar-refractivity contribution is 7.92. The first-order valence-electron chi connectivity index (χ1n) is 10.5. The fourth-order valence-electron chi connectivity index (χ4n) is 4.14. The second-order valence-corrected chi connectivity index (χ2v) is 9.68. The van der Waals surface area contributed by atoms with Gasteiger partial charge in [-0.15, -0.1) is 0 Å². The van der Waals surface area contributed by atoms with E-state index in [-0.39, 0.29) is 23.4 Å². The van der Waals surface area contributed by atoms with E-state index < -0.39 is 10.0 Å². The zero-order valence-electron chi connectivity index (χ0n) is 17.5. The van der Waals surface area contributed by atoms with Crippen molar-refractivity contribution in [3.63, 3.8) is 0 Å². The van der Waals surface area contributed by atoms with Crippen LogP contribution >= 0.6 is 0 Å². The Morgan fingerprint density at radius 3 is 2.42 bits per heavy atom. The molecule has 6 heteroatoms. The average molecular weight is 435 g/mol. The van der Waals surface area contributed by atoms with Crippen LogP contribution in [0.25, 0.3) is 0 Å². The third kappa shape index (κ3) is 4.49. The van der Waals surface area contributed by atoms with Crippen molar-refractivity contribution < 1.29 is 13.2 Å². The van der Waals surface area contributed by atoms with Crippen LogP contribution in [0.3, 0.4) is 0 Å². The minimum atomic E-state index is -3.90. The predicted molar refractivity (Wildman–Crippen MR) is 122 cm³/mol. The van der Waals surface area contributed by atoms with Gasteiger partial charge in [0.25, 0.3) is 10.0 Å². The quantitative estimate of drug-likeness (QED) is 0.626. The van der Waals surface area contributed by atoms with E-state index >= 15 is 0 Å². The SMILES string of the molecule is Cc1ccccc1N(CC(=O)N[C@H]1CCCc2ccccc21)S(=O)(=O)c1ccccc1. The van der Waals surface area contributed by atoms with Crippen LogP contribution in [0.1, 0.15) is 35.6 Å². The molecule has 1 aliphatic carbocycles. The van der Waals surface area contributed by atoms with Crippen molar-refractivity contribution >= 4 is 21.6 Å². The predicted octanol–water partition coefficient (Wildman–Crippen LogP) is 4.38. The molecule has 0 unspecified atom stereocenters. The molecule has 160 valence electrons. The van der Waals surface area contributed by atoms with E-state index in [0.29, 0.717) is 5.69 Å². The summed E-state index contributed by atoms with van der Waals surface area (Å²) in [6.45, 7) is 1.57. The first-order valence-corrected chi connectivity index (χ1v) is 11.9. The summed E-state index contributed by atoms with van der Waals surface area (Å²) < 4.78 is 28.1. The number of hydrogen-bond acceptors (Lipinski definition) is 3. The maximum Gasteiger partial charge on any atom is 0.264 e. The molecule has 1 aliphatic rings. The number of anilines is 1. The molecule has 1 amide bonds. The average Bonchev–Trinajstić information content (AvgIpc) is 2.79. The number of nitrogens with zero attached hydrogens (tertiary/aromatic N) is 1. The lowest BCUT2D eigenvalue weighted by molar-refractivity contribution is -0.120. The number of carbonyl (C=O) groups is 1. The Morgan fingerprint density at radius 1 is 0.968 bits per heavy atom. The first kappa shape index (κ1) is 21.1. The second kappa shape index (κ2) is 8.94. The lowest BCUT2D eigenvalue weighted by Gasteiger charge is -2.29. The van der Waals surface area contributed by atoms with Crippen LogP contribution in [-0.4, -0.2) is 20.9 Å². The van der Waals surface area contributed by atoms with E-state index in [9.17, 15) is 13.2 Å². The van der Waals surface area contributed by atoms with Crippen LogP contribution < -0.4 is 9.62 Å². The van der Waals surface area contributed by atoms with Crippen LogP contribution in [-0.2, 0) is 21.2 Å². The molecular weight excluding hydrogens is 408 g/mol. The fourth-order valence-corrected chi connectivity index (χ4v) is 5.64. The molecule has 0 aliphatic heterocycles. The zero-order chi connectivity index (χ0) is 21.8. The maximum atomic E-state index is 13.5. The topological polar surface area (TPSA) is 66.5 Å². The summed E-state index contributed by atoms with van der Waals surface area (Å²) in [5.74, 6) is -0.315. The van der Waals surface area contributed by atoms with Crippen molar-refractivity contribution in [3.05, 3.63) is 95.6 Å². The van der Waals surface area contributed by atoms with Gasteiger partial charge in [0.15, 0.2) is 0 Å². The molecule has 31 heavy (non-hydrogen) atoms. The van der Waals surface area contributed by atoms with Crippen molar-refractivity contribution in [2.45, 2.75) is 37.1 Å². The number of sulfonamides is 1. The van der Waals surface area contributed by atoms with E-state index in [1.165, 1.54) is 9.87 Å². The highest BCUT2D eigenvalue weighted by Gasteiger charge is 2.29. The molecule has 3 aromatic carbocycles. The van der Waals surface area contributed by atoms with Crippen LogP contribution in [0, 0.1) is 6.92 Å². The number of benzene rings is 3. The molecule has 0 fully saturated rings. The summed E-state index contributed by atoms with van der Waals surface area (Å²) in [5, 5.41) is 3.07. The van der Waals surface area contributed by atoms with Crippen molar-refractivity contribution in [2.24, 2.45) is 0 Å². The van der Waals surface area contributed by atoms with Crippen LogP contribution in [0.2, 0.25) is 0 Å². The molecule has 3 aromatic rings. The molecule has 1 N–H and O–H groups in total. The Bertz CT molecular complexity index is 1180. The van der Waals surface area contributed by atoms with E-state index in [0.717, 1.165) is 30.4 Å². The number of nitrogens with one attached hydrogen (secondary N) is 1. The van der Waals surface area contributed by atoms with Gasteiger partial charge < -0.3 is 5.32 Å². The number of aryl methyl sites for hydroxylation is 2. The van der Waals surface area contributed by atoms with E-state index in [1.807, 2.05) is 37.3 Å². The molecule has 5 nitrogen and oxygen atoms in total. The largest absolute Gasteiger partial charge is 0.348 e. The molecule has 0 aromatic heterocycles.